The van der Waals surface area contributed by atoms with Gasteiger partial charge < -0.3 is 5.32 Å². The molecule has 0 bridgehead atoms. The van der Waals surface area contributed by atoms with Gasteiger partial charge in [0, 0.05) is 10.6 Å². The molecule has 0 spiro atoms. The van der Waals surface area contributed by atoms with E-state index in [0.29, 0.717) is 15.4 Å². The van der Waals surface area contributed by atoms with Gasteiger partial charge in [-0.2, -0.15) is 0 Å². The van der Waals surface area contributed by atoms with Gasteiger partial charge in [0.05, 0.1) is 16.8 Å². The molecule has 5 rings (SSSR count). The number of nitrogens with one attached hydrogen (secondary N) is 1. The lowest BCUT2D eigenvalue weighted by atomic mass is 10.2. The van der Waals surface area contributed by atoms with E-state index in [1.165, 1.54) is 23.1 Å². The van der Waals surface area contributed by atoms with E-state index < -0.39 is 0 Å². The largest absolute Gasteiger partial charge is 0.325 e. The highest BCUT2D eigenvalue weighted by atomic mass is 32.2. The average Bonchev–Trinajstić information content (AvgIpc) is 3.29. The zero-order chi connectivity index (χ0) is 22.6. The molecule has 1 N–H and O–H groups in total. The van der Waals surface area contributed by atoms with Gasteiger partial charge in [0.1, 0.15) is 4.83 Å². The summed E-state index contributed by atoms with van der Waals surface area (Å²) in [6, 6.07) is 30.6. The normalized spacial score (nSPS) is 10.9. The number of fused-ring (bicyclic) bond motifs is 1. The molecule has 2 heterocycles. The zero-order valence-corrected chi connectivity index (χ0v) is 19.1. The van der Waals surface area contributed by atoms with Gasteiger partial charge >= 0.3 is 0 Å². The highest BCUT2D eigenvalue weighted by molar-refractivity contribution is 7.99. The Morgan fingerprint density at radius 2 is 1.55 bits per heavy atom. The summed E-state index contributed by atoms with van der Waals surface area (Å²) in [5.74, 6) is -0.0207. The molecule has 3 aromatic carbocycles. The van der Waals surface area contributed by atoms with E-state index in [1.807, 2.05) is 97.1 Å². The van der Waals surface area contributed by atoms with Gasteiger partial charge in [-0.15, -0.1) is 11.3 Å². The Kier molecular flexibility index (Phi) is 6.06. The number of benzene rings is 3. The number of nitrogens with zero attached hydrogens (tertiary/aromatic N) is 2. The maximum absolute atomic E-state index is 13.5. The Morgan fingerprint density at radius 1 is 0.909 bits per heavy atom. The number of carbonyl (C=O) groups is 1. The first kappa shape index (κ1) is 21.2. The number of para-hydroxylation sites is 2. The Labute approximate surface area is 198 Å². The summed E-state index contributed by atoms with van der Waals surface area (Å²) in [6.07, 6.45) is 0. The van der Waals surface area contributed by atoms with Crippen molar-refractivity contribution in [1.29, 1.82) is 0 Å². The van der Waals surface area contributed by atoms with E-state index in [-0.39, 0.29) is 17.2 Å². The highest BCUT2D eigenvalue weighted by Gasteiger charge is 2.17. The average molecular weight is 470 g/mol. The molecular weight excluding hydrogens is 450 g/mol. The molecule has 0 fully saturated rings. The zero-order valence-electron chi connectivity index (χ0n) is 17.5. The third kappa shape index (κ3) is 4.60. The van der Waals surface area contributed by atoms with E-state index in [4.69, 9.17) is 4.98 Å². The predicted octanol–water partition coefficient (Wildman–Crippen LogP) is 5.85. The van der Waals surface area contributed by atoms with Crippen molar-refractivity contribution in [2.45, 2.75) is 5.16 Å². The molecule has 33 heavy (non-hydrogen) atoms. The van der Waals surface area contributed by atoms with Crippen molar-refractivity contribution in [2.75, 3.05) is 11.1 Å². The van der Waals surface area contributed by atoms with Crippen molar-refractivity contribution >= 4 is 44.9 Å². The lowest BCUT2D eigenvalue weighted by Gasteiger charge is -2.12. The van der Waals surface area contributed by atoms with Crippen LogP contribution in [0.15, 0.2) is 107 Å². The van der Waals surface area contributed by atoms with Crippen LogP contribution >= 0.6 is 23.1 Å². The van der Waals surface area contributed by atoms with Crippen LogP contribution in [0.3, 0.4) is 0 Å². The topological polar surface area (TPSA) is 64.0 Å². The number of carbonyl (C=O) groups excluding carboxylic acids is 1. The van der Waals surface area contributed by atoms with Gasteiger partial charge in [-0.25, -0.2) is 4.98 Å². The van der Waals surface area contributed by atoms with Crippen molar-refractivity contribution in [3.8, 4) is 16.1 Å². The smallest absolute Gasteiger partial charge is 0.267 e. The van der Waals surface area contributed by atoms with Crippen molar-refractivity contribution in [3.05, 3.63) is 107 Å². The molecule has 7 heteroatoms. The minimum Gasteiger partial charge on any atom is -0.325 e. The van der Waals surface area contributed by atoms with E-state index in [0.717, 1.165) is 21.8 Å². The Morgan fingerprint density at radius 3 is 2.24 bits per heavy atom. The number of thioether (sulfide) groups is 1. The molecule has 0 saturated heterocycles. The second-order valence-electron chi connectivity index (χ2n) is 7.27. The molecule has 0 saturated carbocycles. The van der Waals surface area contributed by atoms with E-state index in [9.17, 15) is 9.59 Å². The second kappa shape index (κ2) is 9.44. The standard InChI is InChI=1S/C26H19N3O2S2/c30-23(27-19-12-6-2-7-13-19)17-32-26-28-24-21(16-22(33-24)18-10-4-1-5-11-18)25(31)29(26)20-14-8-3-9-15-20/h1-16H,17H2,(H,27,30). The lowest BCUT2D eigenvalue weighted by Crippen LogP contribution is -2.22. The molecule has 5 nitrogen and oxygen atoms in total. The van der Waals surface area contributed by atoms with Crippen molar-refractivity contribution < 1.29 is 4.79 Å². The molecule has 0 aliphatic carbocycles. The van der Waals surface area contributed by atoms with E-state index >= 15 is 0 Å². The maximum atomic E-state index is 13.5. The van der Waals surface area contributed by atoms with Crippen LogP contribution in [0.2, 0.25) is 0 Å². The van der Waals surface area contributed by atoms with Gasteiger partial charge in [-0.1, -0.05) is 78.5 Å². The number of aromatic nitrogens is 2. The fourth-order valence-corrected chi connectivity index (χ4v) is 5.35. The molecule has 2 aromatic heterocycles. The van der Waals surface area contributed by atoms with Crippen LogP contribution in [0, 0.1) is 0 Å². The minimum atomic E-state index is -0.156. The third-order valence-corrected chi connectivity index (χ3v) is 7.01. The second-order valence-corrected chi connectivity index (χ2v) is 9.24. The van der Waals surface area contributed by atoms with Crippen molar-refractivity contribution in [1.82, 2.24) is 9.55 Å². The number of hydrogen-bond acceptors (Lipinski definition) is 5. The SMILES string of the molecule is O=C(CSc1nc2sc(-c3ccccc3)cc2c(=O)n1-c1ccccc1)Nc1ccccc1. The molecule has 0 aliphatic rings. The lowest BCUT2D eigenvalue weighted by molar-refractivity contribution is -0.113. The Balaban J connectivity index is 1.53. The van der Waals surface area contributed by atoms with Crippen LogP contribution in [0.4, 0.5) is 5.69 Å². The summed E-state index contributed by atoms with van der Waals surface area (Å²) < 4.78 is 1.59. The van der Waals surface area contributed by atoms with Crippen LogP contribution in [0.5, 0.6) is 0 Å². The van der Waals surface area contributed by atoms with Crippen LogP contribution in [0.1, 0.15) is 0 Å². The quantitative estimate of drug-likeness (QED) is 0.250. The van der Waals surface area contributed by atoms with Crippen LogP contribution < -0.4 is 10.9 Å². The summed E-state index contributed by atoms with van der Waals surface area (Å²) in [5.41, 5.74) is 2.35. The fraction of sp³-hybridized carbons (Fsp3) is 0.0385. The fourth-order valence-electron chi connectivity index (χ4n) is 3.46. The minimum absolute atomic E-state index is 0.136. The summed E-state index contributed by atoms with van der Waals surface area (Å²) >= 11 is 2.73. The molecule has 0 atom stereocenters. The number of amides is 1. The van der Waals surface area contributed by atoms with Gasteiger partial charge in [0.2, 0.25) is 5.91 Å². The predicted molar refractivity (Wildman–Crippen MR) is 136 cm³/mol. The molecule has 0 aliphatic heterocycles. The van der Waals surface area contributed by atoms with Crippen LogP contribution in [0.25, 0.3) is 26.3 Å². The van der Waals surface area contributed by atoms with E-state index in [2.05, 4.69) is 5.32 Å². The molecule has 0 radical (unpaired) electrons. The van der Waals surface area contributed by atoms with Gasteiger partial charge in [0.25, 0.3) is 5.56 Å². The first-order valence-corrected chi connectivity index (χ1v) is 12.1. The third-order valence-electron chi connectivity index (χ3n) is 5.00. The summed E-state index contributed by atoms with van der Waals surface area (Å²) in [4.78, 5) is 32.5. The maximum Gasteiger partial charge on any atom is 0.267 e. The van der Waals surface area contributed by atoms with Crippen LogP contribution in [-0.2, 0) is 4.79 Å². The molecule has 0 unspecified atom stereocenters. The summed E-state index contributed by atoms with van der Waals surface area (Å²) in [7, 11) is 0. The number of anilines is 1. The number of rotatable bonds is 6. The number of hydrogen-bond donors (Lipinski definition) is 1. The molecule has 5 aromatic rings. The molecule has 162 valence electrons. The van der Waals surface area contributed by atoms with Gasteiger partial charge in [-0.3, -0.25) is 14.2 Å². The van der Waals surface area contributed by atoms with Crippen molar-refractivity contribution in [3.63, 3.8) is 0 Å². The van der Waals surface area contributed by atoms with Gasteiger partial charge in [-0.05, 0) is 35.9 Å². The number of thiophene rings is 1. The van der Waals surface area contributed by atoms with Gasteiger partial charge in [0.15, 0.2) is 5.16 Å². The molecule has 1 amide bonds. The summed E-state index contributed by atoms with van der Waals surface area (Å²) in [5, 5.41) is 3.94. The summed E-state index contributed by atoms with van der Waals surface area (Å²) in [6.45, 7) is 0. The van der Waals surface area contributed by atoms with Crippen LogP contribution in [-0.4, -0.2) is 21.2 Å². The van der Waals surface area contributed by atoms with Crippen molar-refractivity contribution in [2.24, 2.45) is 0 Å². The molecular formula is C26H19N3O2S2. The Hall–Kier alpha value is -3.68. The first-order chi connectivity index (χ1) is 16.2. The Bertz CT molecular complexity index is 1460. The van der Waals surface area contributed by atoms with E-state index in [1.54, 1.807) is 4.57 Å². The first-order valence-electron chi connectivity index (χ1n) is 10.3. The monoisotopic (exact) mass is 469 g/mol. The highest BCUT2D eigenvalue weighted by Crippen LogP contribution is 2.32.